The Hall–Kier alpha value is -1.14. The first-order valence-corrected chi connectivity index (χ1v) is 5.43. The van der Waals surface area contributed by atoms with Crippen molar-refractivity contribution in [2.45, 2.75) is 6.42 Å². The standard InChI is InChI=1S/C9H13ClN4O2/c1-15-9-13-7(10)12-8(14-9)11-4-6-2-3-16-5-6/h6H,2-5H2,1H3,(H,11,12,13,14). The lowest BCUT2D eigenvalue weighted by Gasteiger charge is -2.09. The number of hydrogen-bond acceptors (Lipinski definition) is 6. The lowest BCUT2D eigenvalue weighted by Crippen LogP contribution is -2.16. The second kappa shape index (κ2) is 5.27. The SMILES string of the molecule is COc1nc(Cl)nc(NCC2CCOC2)n1. The lowest BCUT2D eigenvalue weighted by molar-refractivity contribution is 0.187. The summed E-state index contributed by atoms with van der Waals surface area (Å²) in [6.07, 6.45) is 1.06. The fraction of sp³-hybridized carbons (Fsp3) is 0.667. The van der Waals surface area contributed by atoms with E-state index in [2.05, 4.69) is 20.3 Å². The van der Waals surface area contributed by atoms with Gasteiger partial charge in [-0.25, -0.2) is 0 Å². The van der Waals surface area contributed by atoms with Gasteiger partial charge >= 0.3 is 6.01 Å². The minimum Gasteiger partial charge on any atom is -0.467 e. The molecule has 88 valence electrons. The van der Waals surface area contributed by atoms with Crippen LogP contribution in [0.4, 0.5) is 5.95 Å². The van der Waals surface area contributed by atoms with Crippen molar-refractivity contribution in [1.29, 1.82) is 0 Å². The minimum atomic E-state index is 0.122. The van der Waals surface area contributed by atoms with Gasteiger partial charge in [0, 0.05) is 19.1 Å². The monoisotopic (exact) mass is 244 g/mol. The molecule has 1 aromatic rings. The van der Waals surface area contributed by atoms with E-state index in [1.54, 1.807) is 0 Å². The molecule has 0 saturated carbocycles. The third kappa shape index (κ3) is 2.93. The van der Waals surface area contributed by atoms with E-state index < -0.39 is 0 Å². The summed E-state index contributed by atoms with van der Waals surface area (Å²) in [5.74, 6) is 0.935. The molecule has 6 nitrogen and oxygen atoms in total. The number of ether oxygens (including phenoxy) is 2. The zero-order valence-corrected chi connectivity index (χ0v) is 9.70. The normalized spacial score (nSPS) is 19.8. The molecule has 1 fully saturated rings. The van der Waals surface area contributed by atoms with Gasteiger partial charge in [-0.15, -0.1) is 0 Å². The van der Waals surface area contributed by atoms with Gasteiger partial charge in [-0.3, -0.25) is 0 Å². The highest BCUT2D eigenvalue weighted by Crippen LogP contribution is 2.14. The van der Waals surface area contributed by atoms with Crippen LogP contribution in [0.2, 0.25) is 5.28 Å². The van der Waals surface area contributed by atoms with Crippen molar-refractivity contribution in [3.05, 3.63) is 5.28 Å². The largest absolute Gasteiger partial charge is 0.467 e. The summed E-state index contributed by atoms with van der Waals surface area (Å²) in [5, 5.41) is 3.22. The maximum Gasteiger partial charge on any atom is 0.322 e. The van der Waals surface area contributed by atoms with Crippen LogP contribution in [0, 0.1) is 5.92 Å². The topological polar surface area (TPSA) is 69.2 Å². The lowest BCUT2D eigenvalue weighted by atomic mass is 10.1. The Kier molecular flexibility index (Phi) is 3.74. The number of rotatable bonds is 4. The fourth-order valence-electron chi connectivity index (χ4n) is 1.48. The van der Waals surface area contributed by atoms with Gasteiger partial charge in [0.1, 0.15) is 0 Å². The van der Waals surface area contributed by atoms with E-state index in [4.69, 9.17) is 21.1 Å². The summed E-state index contributed by atoms with van der Waals surface area (Å²) >= 11 is 5.72. The summed E-state index contributed by atoms with van der Waals surface area (Å²) in [6.45, 7) is 2.38. The molecular formula is C9H13ClN4O2. The Morgan fingerprint density at radius 2 is 2.38 bits per heavy atom. The van der Waals surface area contributed by atoms with Crippen molar-refractivity contribution >= 4 is 17.5 Å². The van der Waals surface area contributed by atoms with Crippen LogP contribution in [0.1, 0.15) is 6.42 Å². The zero-order valence-electron chi connectivity index (χ0n) is 8.94. The maximum absolute atomic E-state index is 5.72. The Balaban J connectivity index is 1.94. The first-order chi connectivity index (χ1) is 7.78. The molecule has 0 radical (unpaired) electrons. The number of aromatic nitrogens is 3. The minimum absolute atomic E-state index is 0.122. The van der Waals surface area contributed by atoms with Gasteiger partial charge in [-0.1, -0.05) is 0 Å². The van der Waals surface area contributed by atoms with Crippen molar-refractivity contribution < 1.29 is 9.47 Å². The van der Waals surface area contributed by atoms with E-state index in [9.17, 15) is 0 Å². The van der Waals surface area contributed by atoms with Crippen LogP contribution in [0.15, 0.2) is 0 Å². The van der Waals surface area contributed by atoms with Gasteiger partial charge in [-0.05, 0) is 18.0 Å². The van der Waals surface area contributed by atoms with Crippen molar-refractivity contribution in [3.63, 3.8) is 0 Å². The van der Waals surface area contributed by atoms with Gasteiger partial charge in [0.15, 0.2) is 0 Å². The van der Waals surface area contributed by atoms with Crippen LogP contribution in [0.3, 0.4) is 0 Å². The van der Waals surface area contributed by atoms with Gasteiger partial charge in [0.05, 0.1) is 13.7 Å². The van der Waals surface area contributed by atoms with E-state index in [1.165, 1.54) is 7.11 Å². The highest BCUT2D eigenvalue weighted by atomic mass is 35.5. The van der Waals surface area contributed by atoms with E-state index >= 15 is 0 Å². The maximum atomic E-state index is 5.72. The van der Waals surface area contributed by atoms with Gasteiger partial charge in [-0.2, -0.15) is 15.0 Å². The molecule has 1 saturated heterocycles. The van der Waals surface area contributed by atoms with Crippen LogP contribution in [0.25, 0.3) is 0 Å². The van der Waals surface area contributed by atoms with E-state index in [0.717, 1.165) is 26.2 Å². The molecule has 0 bridgehead atoms. The summed E-state index contributed by atoms with van der Waals surface area (Å²) in [5.41, 5.74) is 0. The Morgan fingerprint density at radius 3 is 3.06 bits per heavy atom. The molecule has 0 aliphatic carbocycles. The molecule has 1 atom stereocenters. The molecular weight excluding hydrogens is 232 g/mol. The van der Waals surface area contributed by atoms with E-state index in [-0.39, 0.29) is 11.3 Å². The number of nitrogens with zero attached hydrogens (tertiary/aromatic N) is 3. The Morgan fingerprint density at radius 1 is 1.50 bits per heavy atom. The van der Waals surface area contributed by atoms with Crippen molar-refractivity contribution in [1.82, 2.24) is 15.0 Å². The average molecular weight is 245 g/mol. The summed E-state index contributed by atoms with van der Waals surface area (Å²) in [6, 6.07) is 0.213. The summed E-state index contributed by atoms with van der Waals surface area (Å²) in [4.78, 5) is 11.8. The molecule has 0 aromatic carbocycles. The van der Waals surface area contributed by atoms with Crippen LogP contribution in [0.5, 0.6) is 6.01 Å². The van der Waals surface area contributed by atoms with Crippen molar-refractivity contribution in [2.75, 3.05) is 32.2 Å². The summed E-state index contributed by atoms with van der Waals surface area (Å²) in [7, 11) is 1.49. The van der Waals surface area contributed by atoms with Gasteiger partial charge in [0.25, 0.3) is 0 Å². The van der Waals surface area contributed by atoms with E-state index in [1.807, 2.05) is 0 Å². The predicted octanol–water partition coefficient (Wildman–Crippen LogP) is 0.982. The second-order valence-corrected chi connectivity index (χ2v) is 3.86. The molecule has 0 spiro atoms. The highest BCUT2D eigenvalue weighted by molar-refractivity contribution is 6.28. The fourth-order valence-corrected chi connectivity index (χ4v) is 1.63. The number of anilines is 1. The molecule has 7 heteroatoms. The molecule has 16 heavy (non-hydrogen) atoms. The zero-order chi connectivity index (χ0) is 11.4. The average Bonchev–Trinajstić information content (AvgIpc) is 2.78. The van der Waals surface area contributed by atoms with Gasteiger partial charge < -0.3 is 14.8 Å². The molecule has 2 heterocycles. The molecule has 1 aliphatic rings. The third-order valence-electron chi connectivity index (χ3n) is 2.34. The smallest absolute Gasteiger partial charge is 0.322 e. The number of halogens is 1. The third-order valence-corrected chi connectivity index (χ3v) is 2.51. The quantitative estimate of drug-likeness (QED) is 0.852. The van der Waals surface area contributed by atoms with Gasteiger partial charge in [0.2, 0.25) is 11.2 Å². The highest BCUT2D eigenvalue weighted by Gasteiger charge is 2.16. The molecule has 1 aromatic heterocycles. The van der Waals surface area contributed by atoms with Crippen LogP contribution in [-0.2, 0) is 4.74 Å². The van der Waals surface area contributed by atoms with Crippen molar-refractivity contribution in [3.8, 4) is 6.01 Å². The van der Waals surface area contributed by atoms with Crippen LogP contribution >= 0.6 is 11.6 Å². The van der Waals surface area contributed by atoms with Crippen LogP contribution in [-0.4, -0.2) is 41.8 Å². The number of hydrogen-bond donors (Lipinski definition) is 1. The number of methoxy groups -OCH3 is 1. The van der Waals surface area contributed by atoms with Crippen LogP contribution < -0.4 is 10.1 Å². The summed E-state index contributed by atoms with van der Waals surface area (Å²) < 4.78 is 10.2. The molecule has 1 unspecified atom stereocenters. The molecule has 2 rings (SSSR count). The Bertz CT molecular complexity index is 357. The first-order valence-electron chi connectivity index (χ1n) is 5.05. The van der Waals surface area contributed by atoms with E-state index in [0.29, 0.717) is 11.9 Å². The predicted molar refractivity (Wildman–Crippen MR) is 58.8 cm³/mol. The second-order valence-electron chi connectivity index (χ2n) is 3.53. The van der Waals surface area contributed by atoms with Crippen molar-refractivity contribution in [2.24, 2.45) is 5.92 Å². The molecule has 1 N–H and O–H groups in total. The first kappa shape index (κ1) is 11.3. The Labute approximate surface area is 98.4 Å². The number of nitrogens with one attached hydrogen (secondary N) is 1. The molecule has 0 amide bonds. The molecule has 1 aliphatic heterocycles.